The first-order valence-corrected chi connectivity index (χ1v) is 12.9. The van der Waals surface area contributed by atoms with Gasteiger partial charge in [0.15, 0.2) is 0 Å². The highest BCUT2D eigenvalue weighted by atomic mass is 32.1. The molecule has 0 N–H and O–H groups in total. The number of hydrogen-bond donors (Lipinski definition) is 0. The molecule has 0 spiro atoms. The highest BCUT2D eigenvalue weighted by Gasteiger charge is 2.28. The molecule has 4 aromatic rings. The fraction of sp³-hybridized carbons (Fsp3) is 0.321. The van der Waals surface area contributed by atoms with Crippen LogP contribution in [0, 0.1) is 0 Å². The number of ether oxygens (including phenoxy) is 1. The number of pyridine rings is 1. The van der Waals surface area contributed by atoms with E-state index in [0.29, 0.717) is 6.42 Å². The second kappa shape index (κ2) is 10.5. The third kappa shape index (κ3) is 5.06. The molecule has 7 heteroatoms. The Balaban J connectivity index is 1.41. The molecule has 5 rings (SSSR count). The Morgan fingerprint density at radius 3 is 2.71 bits per heavy atom. The van der Waals surface area contributed by atoms with E-state index in [1.54, 1.807) is 25.4 Å². The van der Waals surface area contributed by atoms with Gasteiger partial charge in [-0.3, -0.25) is 14.7 Å². The highest BCUT2D eigenvalue weighted by molar-refractivity contribution is 7.13. The molecule has 2 aromatic carbocycles. The van der Waals surface area contributed by atoms with Crippen molar-refractivity contribution < 1.29 is 9.53 Å². The molecule has 1 aliphatic rings. The second-order valence-corrected chi connectivity index (χ2v) is 9.79. The van der Waals surface area contributed by atoms with Crippen LogP contribution in [-0.4, -0.2) is 53.9 Å². The molecule has 35 heavy (non-hydrogen) atoms. The maximum absolute atomic E-state index is 12.3. The zero-order valence-corrected chi connectivity index (χ0v) is 21.0. The van der Waals surface area contributed by atoms with E-state index in [0.717, 1.165) is 71.2 Å². The molecule has 1 atom stereocenters. The second-order valence-electron chi connectivity index (χ2n) is 8.93. The number of thiazole rings is 1. The van der Waals surface area contributed by atoms with Gasteiger partial charge in [-0.05, 0) is 31.5 Å². The minimum absolute atomic E-state index is 0.0197. The molecule has 0 radical (unpaired) electrons. The third-order valence-corrected chi connectivity index (χ3v) is 7.49. The van der Waals surface area contributed by atoms with Gasteiger partial charge in [0, 0.05) is 55.1 Å². The Labute approximate surface area is 210 Å². The minimum atomic E-state index is -0.0197. The zero-order chi connectivity index (χ0) is 24.2. The number of aromatic nitrogens is 2. The van der Waals surface area contributed by atoms with Crippen molar-refractivity contribution in [1.82, 2.24) is 14.9 Å². The van der Waals surface area contributed by atoms with Gasteiger partial charge in [-0.15, -0.1) is 11.3 Å². The van der Waals surface area contributed by atoms with Crippen LogP contribution in [0.2, 0.25) is 0 Å². The first-order chi connectivity index (χ1) is 17.1. The van der Waals surface area contributed by atoms with Gasteiger partial charge in [0.1, 0.15) is 22.2 Å². The molecule has 0 saturated carbocycles. The maximum atomic E-state index is 12.3. The van der Waals surface area contributed by atoms with Crippen molar-refractivity contribution in [2.45, 2.75) is 25.8 Å². The summed E-state index contributed by atoms with van der Waals surface area (Å²) in [5.41, 5.74) is 4.12. The Bertz CT molecular complexity index is 1310. The van der Waals surface area contributed by atoms with Crippen LogP contribution in [0.1, 0.15) is 31.5 Å². The lowest BCUT2D eigenvalue weighted by Crippen LogP contribution is -2.34. The number of nitrogens with zero attached hydrogens (tertiary/aromatic N) is 4. The zero-order valence-electron chi connectivity index (χ0n) is 20.2. The number of hydrogen-bond acceptors (Lipinski definition) is 7. The molecule has 3 heterocycles. The van der Waals surface area contributed by atoms with Crippen molar-refractivity contribution in [1.29, 1.82) is 0 Å². The van der Waals surface area contributed by atoms with Crippen LogP contribution in [0.5, 0.6) is 5.75 Å². The van der Waals surface area contributed by atoms with Crippen LogP contribution >= 0.6 is 11.3 Å². The molecule has 1 aliphatic heterocycles. The molecular formula is C28H30N4O2S. The van der Waals surface area contributed by atoms with Crippen LogP contribution in [0.3, 0.4) is 0 Å². The number of benzene rings is 2. The fourth-order valence-electron chi connectivity index (χ4n) is 4.90. The van der Waals surface area contributed by atoms with Crippen LogP contribution in [-0.2, 0) is 4.79 Å². The first kappa shape index (κ1) is 23.5. The standard InChI is InChI=1S/C28H30N4O2S/c1-20(33)18-24(23-19-35-28(30-23)22-8-4-3-5-9-22)31-14-7-15-32(17-16-31)27-25(34-2)12-11-21-10-6-13-29-26(21)27/h3-6,8-13,19,24H,7,14-18H2,1-2H3. The summed E-state index contributed by atoms with van der Waals surface area (Å²) >= 11 is 1.65. The van der Waals surface area contributed by atoms with E-state index in [9.17, 15) is 4.79 Å². The van der Waals surface area contributed by atoms with Crippen molar-refractivity contribution >= 4 is 33.7 Å². The molecule has 1 saturated heterocycles. The van der Waals surface area contributed by atoms with Crippen molar-refractivity contribution in [3.63, 3.8) is 0 Å². The lowest BCUT2D eigenvalue weighted by Gasteiger charge is -2.30. The van der Waals surface area contributed by atoms with Gasteiger partial charge >= 0.3 is 0 Å². The van der Waals surface area contributed by atoms with Gasteiger partial charge in [0.2, 0.25) is 0 Å². The monoisotopic (exact) mass is 486 g/mol. The van der Waals surface area contributed by atoms with Crippen molar-refractivity contribution in [2.24, 2.45) is 0 Å². The number of fused-ring (bicyclic) bond motifs is 1. The topological polar surface area (TPSA) is 58.6 Å². The lowest BCUT2D eigenvalue weighted by atomic mass is 10.1. The number of rotatable bonds is 7. The van der Waals surface area contributed by atoms with Gasteiger partial charge in [-0.1, -0.05) is 36.4 Å². The Hall–Kier alpha value is -3.29. The summed E-state index contributed by atoms with van der Waals surface area (Å²) in [6, 6.07) is 18.4. The van der Waals surface area contributed by atoms with E-state index in [1.807, 2.05) is 36.5 Å². The summed E-state index contributed by atoms with van der Waals surface area (Å²) in [6.45, 7) is 5.15. The molecule has 0 bridgehead atoms. The third-order valence-electron chi connectivity index (χ3n) is 6.58. The smallest absolute Gasteiger partial charge is 0.144 e. The molecule has 180 valence electrons. The summed E-state index contributed by atoms with van der Waals surface area (Å²) in [5.74, 6) is 1.03. The SMILES string of the molecule is COc1ccc2cccnc2c1N1CCCN(C(CC(C)=O)c2csc(-c3ccccc3)n2)CC1. The molecular weight excluding hydrogens is 456 g/mol. The van der Waals surface area contributed by atoms with Crippen LogP contribution < -0.4 is 9.64 Å². The Morgan fingerprint density at radius 2 is 1.91 bits per heavy atom. The predicted octanol–water partition coefficient (Wildman–Crippen LogP) is 5.60. The van der Waals surface area contributed by atoms with E-state index < -0.39 is 0 Å². The molecule has 0 aliphatic carbocycles. The van der Waals surface area contributed by atoms with Crippen molar-refractivity contribution in [3.8, 4) is 16.3 Å². The molecule has 0 amide bonds. The molecule has 1 fully saturated rings. The number of Topliss-reactive ketones (excluding diaryl/α,β-unsaturated/α-hetero) is 1. The predicted molar refractivity (Wildman–Crippen MR) is 142 cm³/mol. The van der Waals surface area contributed by atoms with Gasteiger partial charge in [-0.25, -0.2) is 4.98 Å². The van der Waals surface area contributed by atoms with Crippen molar-refractivity contribution in [3.05, 3.63) is 71.9 Å². The van der Waals surface area contributed by atoms with Crippen LogP contribution in [0.4, 0.5) is 5.69 Å². The number of carbonyl (C=O) groups excluding carboxylic acids is 1. The quantitative estimate of drug-likeness (QED) is 0.339. The highest BCUT2D eigenvalue weighted by Crippen LogP contribution is 2.37. The van der Waals surface area contributed by atoms with Gasteiger partial charge in [-0.2, -0.15) is 0 Å². The normalized spacial score (nSPS) is 15.7. The summed E-state index contributed by atoms with van der Waals surface area (Å²) in [4.78, 5) is 26.7. The molecule has 2 aromatic heterocycles. The van der Waals surface area contributed by atoms with Crippen molar-refractivity contribution in [2.75, 3.05) is 38.2 Å². The van der Waals surface area contributed by atoms with E-state index in [2.05, 4.69) is 44.4 Å². The Kier molecular flexibility index (Phi) is 7.06. The van der Waals surface area contributed by atoms with E-state index in [1.165, 1.54) is 0 Å². The van der Waals surface area contributed by atoms with Gasteiger partial charge in [0.05, 0.1) is 24.4 Å². The van der Waals surface area contributed by atoms with E-state index in [4.69, 9.17) is 9.72 Å². The number of anilines is 1. The summed E-state index contributed by atoms with van der Waals surface area (Å²) < 4.78 is 5.74. The summed E-state index contributed by atoms with van der Waals surface area (Å²) in [6.07, 6.45) is 3.29. The first-order valence-electron chi connectivity index (χ1n) is 12.0. The van der Waals surface area contributed by atoms with Crippen LogP contribution in [0.15, 0.2) is 66.2 Å². The minimum Gasteiger partial charge on any atom is -0.494 e. The average Bonchev–Trinajstić information content (AvgIpc) is 3.26. The fourth-order valence-corrected chi connectivity index (χ4v) is 5.77. The lowest BCUT2D eigenvalue weighted by molar-refractivity contribution is -0.118. The van der Waals surface area contributed by atoms with Gasteiger partial charge in [0.25, 0.3) is 0 Å². The summed E-state index contributed by atoms with van der Waals surface area (Å²) in [5, 5.41) is 4.22. The Morgan fingerprint density at radius 1 is 1.06 bits per heavy atom. The largest absolute Gasteiger partial charge is 0.494 e. The number of ketones is 1. The maximum Gasteiger partial charge on any atom is 0.144 e. The number of methoxy groups -OCH3 is 1. The van der Waals surface area contributed by atoms with E-state index in [-0.39, 0.29) is 11.8 Å². The van der Waals surface area contributed by atoms with Crippen LogP contribution in [0.25, 0.3) is 21.5 Å². The summed E-state index contributed by atoms with van der Waals surface area (Å²) in [7, 11) is 1.72. The molecule has 1 unspecified atom stereocenters. The molecule has 6 nitrogen and oxygen atoms in total. The van der Waals surface area contributed by atoms with E-state index >= 15 is 0 Å². The van der Waals surface area contributed by atoms with Gasteiger partial charge < -0.3 is 9.64 Å². The number of carbonyl (C=O) groups is 1. The average molecular weight is 487 g/mol.